The van der Waals surface area contributed by atoms with E-state index in [1.807, 2.05) is 6.07 Å². The molecule has 0 aromatic carbocycles. The van der Waals surface area contributed by atoms with Gasteiger partial charge in [0.2, 0.25) is 5.28 Å². The van der Waals surface area contributed by atoms with Crippen LogP contribution in [0.2, 0.25) is 5.28 Å². The fraction of sp³-hybridized carbons (Fsp3) is 0.714. The van der Waals surface area contributed by atoms with Crippen molar-refractivity contribution in [2.24, 2.45) is 4.36 Å². The molecule has 5 nitrogen and oxygen atoms in total. The van der Waals surface area contributed by atoms with Gasteiger partial charge in [-0.25, -0.2) is 9.19 Å². The van der Waals surface area contributed by atoms with Crippen LogP contribution in [-0.2, 0) is 9.73 Å². The molecule has 1 aliphatic carbocycles. The highest BCUT2D eigenvalue weighted by Gasteiger charge is 2.31. The lowest BCUT2D eigenvalue weighted by molar-refractivity contribution is 0.481. The first-order valence-electron chi connectivity index (χ1n) is 7.48. The first kappa shape index (κ1) is 15.0. The van der Waals surface area contributed by atoms with Crippen molar-refractivity contribution in [3.63, 3.8) is 0 Å². The lowest BCUT2D eigenvalue weighted by atomic mass is 10.0. The van der Waals surface area contributed by atoms with Crippen LogP contribution in [0.15, 0.2) is 10.4 Å². The predicted molar refractivity (Wildman–Crippen MR) is 86.9 cm³/mol. The van der Waals surface area contributed by atoms with Crippen molar-refractivity contribution in [2.45, 2.75) is 50.3 Å². The van der Waals surface area contributed by atoms with E-state index in [9.17, 15) is 4.21 Å². The smallest absolute Gasteiger partial charge is 0.226 e. The van der Waals surface area contributed by atoms with E-state index in [1.165, 1.54) is 6.42 Å². The molecule has 0 N–H and O–H groups in total. The van der Waals surface area contributed by atoms with Crippen LogP contribution in [-0.4, -0.2) is 38.3 Å². The molecule has 1 aliphatic heterocycles. The van der Waals surface area contributed by atoms with Crippen molar-refractivity contribution in [2.75, 3.05) is 17.7 Å². The molecule has 3 rings (SSSR count). The van der Waals surface area contributed by atoms with E-state index >= 15 is 0 Å². The number of aromatic nitrogens is 2. The minimum Gasteiger partial charge on any atom is -0.354 e. The summed E-state index contributed by atoms with van der Waals surface area (Å²) in [5, 5.41) is 0.388. The summed E-state index contributed by atoms with van der Waals surface area (Å²) >= 11 is 6.04. The van der Waals surface area contributed by atoms with Crippen molar-refractivity contribution >= 4 is 33.0 Å². The summed E-state index contributed by atoms with van der Waals surface area (Å²) in [7, 11) is -2.21. The van der Waals surface area contributed by atoms with Crippen LogP contribution in [0.1, 0.15) is 39.0 Å². The van der Waals surface area contributed by atoms with Crippen molar-refractivity contribution in [3.8, 4) is 0 Å². The highest BCUT2D eigenvalue weighted by atomic mass is 35.5. The number of hydrogen-bond donors (Lipinski definition) is 0. The van der Waals surface area contributed by atoms with Crippen LogP contribution < -0.4 is 4.90 Å². The van der Waals surface area contributed by atoms with Gasteiger partial charge in [-0.1, -0.05) is 0 Å². The molecule has 0 bridgehead atoms. The van der Waals surface area contributed by atoms with Crippen LogP contribution in [0.5, 0.6) is 0 Å². The van der Waals surface area contributed by atoms with E-state index in [0.717, 1.165) is 38.0 Å². The topological polar surface area (TPSA) is 58.5 Å². The molecule has 0 radical (unpaired) electrons. The Hall–Kier alpha value is -0.880. The highest BCUT2D eigenvalue weighted by molar-refractivity contribution is 7.93. The fourth-order valence-electron chi connectivity index (χ4n) is 2.79. The third kappa shape index (κ3) is 3.48. The summed E-state index contributed by atoms with van der Waals surface area (Å²) < 4.78 is 16.9. The molecular formula is C14H21ClN4OS. The molecule has 2 atom stereocenters. The van der Waals surface area contributed by atoms with E-state index in [0.29, 0.717) is 11.9 Å². The van der Waals surface area contributed by atoms with Crippen molar-refractivity contribution in [3.05, 3.63) is 11.3 Å². The molecular weight excluding hydrogens is 308 g/mol. The molecule has 0 amide bonds. The Kier molecular flexibility index (Phi) is 4.10. The molecule has 0 spiro atoms. The van der Waals surface area contributed by atoms with Crippen molar-refractivity contribution < 1.29 is 4.21 Å². The van der Waals surface area contributed by atoms with Crippen LogP contribution in [0.3, 0.4) is 0 Å². The van der Waals surface area contributed by atoms with Gasteiger partial charge >= 0.3 is 0 Å². The van der Waals surface area contributed by atoms with Gasteiger partial charge in [-0.15, -0.1) is 0 Å². The second-order valence-corrected chi connectivity index (χ2v) is 8.95. The monoisotopic (exact) mass is 328 g/mol. The normalized spacial score (nSPS) is 25.5. The number of halogens is 1. The number of rotatable bonds is 3. The second kappa shape index (κ2) is 5.72. The quantitative estimate of drug-likeness (QED) is 0.798. The van der Waals surface area contributed by atoms with Gasteiger partial charge in [0, 0.05) is 30.2 Å². The largest absolute Gasteiger partial charge is 0.354 e. The zero-order chi connectivity index (χ0) is 15.0. The Morgan fingerprint density at radius 2 is 2.10 bits per heavy atom. The van der Waals surface area contributed by atoms with Gasteiger partial charge in [-0.2, -0.15) is 9.35 Å². The zero-order valence-corrected chi connectivity index (χ0v) is 14.0. The average molecular weight is 329 g/mol. The van der Waals surface area contributed by atoms with Crippen LogP contribution in [0, 0.1) is 0 Å². The van der Waals surface area contributed by atoms with E-state index in [2.05, 4.69) is 26.2 Å². The SMILES string of the molecule is C[C@@H]1CCCCN1c1cc(N=[S@@](C)(=O)C2CC2)nc(Cl)n1. The van der Waals surface area contributed by atoms with Gasteiger partial charge in [0.25, 0.3) is 0 Å². The molecule has 1 aromatic heterocycles. The number of anilines is 1. The van der Waals surface area contributed by atoms with Crippen molar-refractivity contribution in [1.82, 2.24) is 9.97 Å². The molecule has 1 saturated heterocycles. The van der Waals surface area contributed by atoms with Crippen LogP contribution >= 0.6 is 11.6 Å². The van der Waals surface area contributed by atoms with Gasteiger partial charge < -0.3 is 4.90 Å². The molecule has 2 aliphatic rings. The van der Waals surface area contributed by atoms with Gasteiger partial charge in [0.15, 0.2) is 5.82 Å². The summed E-state index contributed by atoms with van der Waals surface area (Å²) in [5.41, 5.74) is 0. The molecule has 0 unspecified atom stereocenters. The minimum atomic E-state index is -2.21. The Balaban J connectivity index is 1.94. The molecule has 2 heterocycles. The minimum absolute atomic E-state index is 0.176. The lowest BCUT2D eigenvalue weighted by Crippen LogP contribution is -2.38. The van der Waals surface area contributed by atoms with E-state index < -0.39 is 9.73 Å². The maximum absolute atomic E-state index is 12.5. The molecule has 7 heteroatoms. The molecule has 1 aromatic rings. The third-order valence-corrected chi connectivity index (χ3v) is 6.61. The average Bonchev–Trinajstić information content (AvgIpc) is 3.22. The highest BCUT2D eigenvalue weighted by Crippen LogP contribution is 2.32. The van der Waals surface area contributed by atoms with Gasteiger partial charge in [0.05, 0.1) is 9.73 Å². The first-order chi connectivity index (χ1) is 9.95. The standard InChI is InChI=1S/C14H21ClN4OS/c1-10-5-3-4-8-19(10)13-9-12(16-14(15)17-13)18-21(2,20)11-6-7-11/h9-11H,3-8H2,1-2H3/t10-,21+/m1/s1. The zero-order valence-electron chi connectivity index (χ0n) is 12.5. The van der Waals surface area contributed by atoms with E-state index in [-0.39, 0.29) is 10.5 Å². The molecule has 2 fully saturated rings. The van der Waals surface area contributed by atoms with Gasteiger partial charge in [-0.05, 0) is 50.6 Å². The Labute approximate surface area is 131 Å². The summed E-state index contributed by atoms with van der Waals surface area (Å²) in [6, 6.07) is 2.26. The molecule has 1 saturated carbocycles. The number of piperidine rings is 1. The Morgan fingerprint density at radius 1 is 1.33 bits per heavy atom. The Morgan fingerprint density at radius 3 is 2.76 bits per heavy atom. The number of hydrogen-bond acceptors (Lipinski definition) is 5. The van der Waals surface area contributed by atoms with Gasteiger partial charge in [0.1, 0.15) is 5.82 Å². The van der Waals surface area contributed by atoms with E-state index in [1.54, 1.807) is 6.26 Å². The first-order valence-corrected chi connectivity index (χ1v) is 9.84. The maximum Gasteiger partial charge on any atom is 0.226 e. The predicted octanol–water partition coefficient (Wildman–Crippen LogP) is 3.40. The Bertz CT molecular complexity index is 652. The fourth-order valence-corrected chi connectivity index (χ4v) is 4.59. The maximum atomic E-state index is 12.5. The van der Waals surface area contributed by atoms with Crippen LogP contribution in [0.4, 0.5) is 11.6 Å². The lowest BCUT2D eigenvalue weighted by Gasteiger charge is -2.34. The summed E-state index contributed by atoms with van der Waals surface area (Å²) in [4.78, 5) is 10.7. The number of nitrogens with zero attached hydrogens (tertiary/aromatic N) is 4. The third-order valence-electron chi connectivity index (χ3n) is 4.19. The molecule has 116 valence electrons. The summed E-state index contributed by atoms with van der Waals surface area (Å²) in [6.45, 7) is 3.16. The summed E-state index contributed by atoms with van der Waals surface area (Å²) in [5.74, 6) is 1.24. The second-order valence-electron chi connectivity index (χ2n) is 6.04. The van der Waals surface area contributed by atoms with Gasteiger partial charge in [-0.3, -0.25) is 0 Å². The summed E-state index contributed by atoms with van der Waals surface area (Å²) in [6.07, 6.45) is 7.26. The van der Waals surface area contributed by atoms with Crippen LogP contribution in [0.25, 0.3) is 0 Å². The molecule has 21 heavy (non-hydrogen) atoms. The van der Waals surface area contributed by atoms with E-state index in [4.69, 9.17) is 11.6 Å². The van der Waals surface area contributed by atoms with Crippen molar-refractivity contribution in [1.29, 1.82) is 0 Å².